The summed E-state index contributed by atoms with van der Waals surface area (Å²) in [7, 11) is 1.55. The highest BCUT2D eigenvalue weighted by molar-refractivity contribution is 6.31. The lowest BCUT2D eigenvalue weighted by molar-refractivity contribution is -0.129. The number of carbonyl (C=O) groups is 3. The van der Waals surface area contributed by atoms with Crippen LogP contribution >= 0.6 is 11.6 Å². The summed E-state index contributed by atoms with van der Waals surface area (Å²) in [5.74, 6) is -0.325. The van der Waals surface area contributed by atoms with Crippen LogP contribution in [0.1, 0.15) is 62.4 Å². The molecule has 2 aromatic carbocycles. The number of likely N-dealkylation sites (tertiary alicyclic amines) is 2. The van der Waals surface area contributed by atoms with Crippen LogP contribution in [0.3, 0.4) is 0 Å². The first kappa shape index (κ1) is 35.9. The first-order valence-corrected chi connectivity index (χ1v) is 17.6. The lowest BCUT2D eigenvalue weighted by Crippen LogP contribution is -2.56. The average Bonchev–Trinajstić information content (AvgIpc) is 3.60. The van der Waals surface area contributed by atoms with E-state index in [1.54, 1.807) is 57.0 Å². The van der Waals surface area contributed by atoms with Gasteiger partial charge >= 0.3 is 6.09 Å². The monoisotopic (exact) mass is 714 g/mol. The molecule has 0 radical (unpaired) electrons. The minimum Gasteiger partial charge on any atom is -0.482 e. The topological polar surface area (TPSA) is 102 Å². The van der Waals surface area contributed by atoms with Crippen molar-refractivity contribution in [1.82, 2.24) is 19.7 Å². The number of benzene rings is 2. The molecule has 3 aliphatic heterocycles. The third kappa shape index (κ3) is 7.28. The van der Waals surface area contributed by atoms with Gasteiger partial charge in [0.2, 0.25) is 11.8 Å². The highest BCUT2D eigenvalue weighted by Gasteiger charge is 2.47. The van der Waals surface area contributed by atoms with Crippen molar-refractivity contribution in [3.8, 4) is 5.88 Å². The van der Waals surface area contributed by atoms with E-state index >= 15 is 4.39 Å². The quantitative estimate of drug-likeness (QED) is 0.317. The van der Waals surface area contributed by atoms with Gasteiger partial charge in [-0.05, 0) is 88.3 Å². The standard InChI is InChI=1S/C37H45ClF2N4O6/c1-36(2,3)50-35(47)43-21-28(40)29(22-43)41-34(46)37(24-5-8-26(39)9-6-24)13-15-42(16-14-37)32(45)31-27-19-25(38)7-10-30(27)44(33(31)48-4)20-23-11-17-49-18-12-23/h5-10,19,23,28-29H,11-18,20-22H2,1-4H3,(H,41,46)/t28-,29+/m1/s1. The lowest BCUT2D eigenvalue weighted by atomic mass is 9.71. The van der Waals surface area contributed by atoms with E-state index in [0.717, 1.165) is 18.4 Å². The summed E-state index contributed by atoms with van der Waals surface area (Å²) >= 11 is 6.45. The Bertz CT molecular complexity index is 1730. The van der Waals surface area contributed by atoms with Crippen LogP contribution in [0.2, 0.25) is 5.02 Å². The zero-order valence-corrected chi connectivity index (χ0v) is 29.7. The van der Waals surface area contributed by atoms with Crippen LogP contribution in [0.15, 0.2) is 42.5 Å². The molecule has 0 aliphatic carbocycles. The molecule has 13 heteroatoms. The van der Waals surface area contributed by atoms with Gasteiger partial charge < -0.3 is 33.9 Å². The molecular weight excluding hydrogens is 670 g/mol. The number of nitrogens with zero attached hydrogens (tertiary/aromatic N) is 3. The summed E-state index contributed by atoms with van der Waals surface area (Å²) in [6, 6.07) is 10.2. The number of hydrogen-bond acceptors (Lipinski definition) is 6. The van der Waals surface area contributed by atoms with E-state index in [-0.39, 0.29) is 44.9 Å². The maximum atomic E-state index is 15.3. The fourth-order valence-electron chi connectivity index (χ4n) is 7.44. The highest BCUT2D eigenvalue weighted by atomic mass is 35.5. The summed E-state index contributed by atoms with van der Waals surface area (Å²) in [5.41, 5.74) is -0.106. The van der Waals surface area contributed by atoms with Crippen LogP contribution in [0.25, 0.3) is 10.9 Å². The molecule has 3 aliphatic rings. The second-order valence-corrected chi connectivity index (χ2v) is 15.0. The first-order valence-electron chi connectivity index (χ1n) is 17.2. The van der Waals surface area contributed by atoms with Crippen molar-refractivity contribution in [3.05, 3.63) is 64.4 Å². The smallest absolute Gasteiger partial charge is 0.410 e. The number of alkyl halides is 1. The van der Waals surface area contributed by atoms with Crippen LogP contribution in [0, 0.1) is 11.7 Å². The van der Waals surface area contributed by atoms with E-state index < -0.39 is 41.0 Å². The fourth-order valence-corrected chi connectivity index (χ4v) is 7.61. The number of nitrogens with one attached hydrogen (secondary N) is 1. The van der Waals surface area contributed by atoms with Gasteiger partial charge in [0.1, 0.15) is 23.2 Å². The Labute approximate surface area is 295 Å². The Kier molecular flexibility index (Phi) is 10.3. The van der Waals surface area contributed by atoms with Gasteiger partial charge in [0.25, 0.3) is 5.91 Å². The third-order valence-corrected chi connectivity index (χ3v) is 10.4. The van der Waals surface area contributed by atoms with Crippen molar-refractivity contribution >= 4 is 40.4 Å². The minimum absolute atomic E-state index is 0.0494. The molecule has 0 saturated carbocycles. The summed E-state index contributed by atoms with van der Waals surface area (Å²) in [6.07, 6.45) is 0.0721. The minimum atomic E-state index is -1.50. The summed E-state index contributed by atoms with van der Waals surface area (Å²) < 4.78 is 48.3. The average molecular weight is 715 g/mol. The van der Waals surface area contributed by atoms with E-state index in [1.807, 2.05) is 10.6 Å². The molecule has 1 aromatic heterocycles. The van der Waals surface area contributed by atoms with Gasteiger partial charge in [0.15, 0.2) is 0 Å². The molecule has 3 fully saturated rings. The maximum Gasteiger partial charge on any atom is 0.410 e. The van der Waals surface area contributed by atoms with Crippen molar-refractivity contribution in [3.63, 3.8) is 0 Å². The van der Waals surface area contributed by atoms with Gasteiger partial charge in [-0.3, -0.25) is 9.59 Å². The molecular formula is C37H45ClF2N4O6. The molecule has 0 bridgehead atoms. The van der Waals surface area contributed by atoms with E-state index in [4.69, 9.17) is 25.8 Å². The number of aromatic nitrogens is 1. The molecule has 3 amide bonds. The Balaban J connectivity index is 1.25. The first-order chi connectivity index (χ1) is 23.8. The number of fused-ring (bicyclic) bond motifs is 1. The van der Waals surface area contributed by atoms with Crippen LogP contribution in [-0.2, 0) is 26.2 Å². The van der Waals surface area contributed by atoms with E-state index in [1.165, 1.54) is 17.0 Å². The Morgan fingerprint density at radius 1 is 1.02 bits per heavy atom. The van der Waals surface area contributed by atoms with Crippen LogP contribution < -0.4 is 10.1 Å². The third-order valence-electron chi connectivity index (χ3n) is 10.1. The molecule has 2 atom stereocenters. The van der Waals surface area contributed by atoms with Crippen LogP contribution in [-0.4, -0.2) is 96.6 Å². The highest BCUT2D eigenvalue weighted by Crippen LogP contribution is 2.40. The number of methoxy groups -OCH3 is 1. The zero-order chi connectivity index (χ0) is 35.8. The van der Waals surface area contributed by atoms with Crippen molar-refractivity contribution in [2.45, 2.75) is 76.2 Å². The van der Waals surface area contributed by atoms with Gasteiger partial charge in [-0.25, -0.2) is 13.6 Å². The number of ether oxygens (including phenoxy) is 3. The van der Waals surface area contributed by atoms with Crippen molar-refractivity contribution in [2.24, 2.45) is 5.92 Å². The zero-order valence-electron chi connectivity index (χ0n) is 29.0. The second kappa shape index (κ2) is 14.4. The number of hydrogen-bond donors (Lipinski definition) is 1. The largest absolute Gasteiger partial charge is 0.482 e. The summed E-state index contributed by atoms with van der Waals surface area (Å²) in [4.78, 5) is 44.2. The van der Waals surface area contributed by atoms with Crippen molar-refractivity contribution < 1.29 is 37.4 Å². The lowest BCUT2D eigenvalue weighted by Gasteiger charge is -2.41. The van der Waals surface area contributed by atoms with Gasteiger partial charge in [-0.1, -0.05) is 23.7 Å². The molecule has 4 heterocycles. The maximum absolute atomic E-state index is 15.3. The molecule has 1 N–H and O–H groups in total. The molecule has 3 aromatic rings. The van der Waals surface area contributed by atoms with Gasteiger partial charge in [0.05, 0.1) is 30.6 Å². The number of amides is 3. The van der Waals surface area contributed by atoms with E-state index in [0.29, 0.717) is 53.1 Å². The van der Waals surface area contributed by atoms with Gasteiger partial charge in [0, 0.05) is 49.8 Å². The van der Waals surface area contributed by atoms with Gasteiger partial charge in [-0.15, -0.1) is 0 Å². The normalized spacial score (nSPS) is 21.3. The predicted octanol–water partition coefficient (Wildman–Crippen LogP) is 6.12. The second-order valence-electron chi connectivity index (χ2n) is 14.6. The van der Waals surface area contributed by atoms with Crippen LogP contribution in [0.5, 0.6) is 5.88 Å². The number of halogens is 3. The molecule has 10 nitrogen and oxygen atoms in total. The molecule has 6 rings (SSSR count). The van der Waals surface area contributed by atoms with E-state index in [2.05, 4.69) is 5.32 Å². The molecule has 0 unspecified atom stereocenters. The molecule has 50 heavy (non-hydrogen) atoms. The molecule has 270 valence electrons. The SMILES string of the molecule is COc1c(C(=O)N2CCC(C(=O)N[C@H]3CN(C(=O)OC(C)(C)C)C[C@H]3F)(c3ccc(F)cc3)CC2)c2cc(Cl)ccc2n1CC1CCOCC1. The summed E-state index contributed by atoms with van der Waals surface area (Å²) in [6.45, 7) is 7.38. The predicted molar refractivity (Wildman–Crippen MR) is 185 cm³/mol. The van der Waals surface area contributed by atoms with E-state index in [9.17, 15) is 18.8 Å². The molecule has 3 saturated heterocycles. The van der Waals surface area contributed by atoms with Crippen molar-refractivity contribution in [2.75, 3.05) is 46.5 Å². The van der Waals surface area contributed by atoms with Crippen molar-refractivity contribution in [1.29, 1.82) is 0 Å². The number of piperidine rings is 1. The Morgan fingerprint density at radius 3 is 2.34 bits per heavy atom. The Hall–Kier alpha value is -3.90. The number of rotatable bonds is 7. The van der Waals surface area contributed by atoms with Gasteiger partial charge in [-0.2, -0.15) is 0 Å². The summed E-state index contributed by atoms with van der Waals surface area (Å²) in [5, 5.41) is 4.04. The Morgan fingerprint density at radius 2 is 1.70 bits per heavy atom. The number of carbonyl (C=O) groups excluding carboxylic acids is 3. The molecule has 0 spiro atoms. The van der Waals surface area contributed by atoms with Crippen LogP contribution in [0.4, 0.5) is 13.6 Å². The fraction of sp³-hybridized carbons (Fsp3) is 0.541.